The van der Waals surface area contributed by atoms with Crippen molar-refractivity contribution < 1.29 is 4.79 Å². The van der Waals surface area contributed by atoms with Crippen LogP contribution in [0.2, 0.25) is 0 Å². The molecule has 2 atom stereocenters. The van der Waals surface area contributed by atoms with Crippen LogP contribution in [-0.2, 0) is 24.8 Å². The number of aromatic nitrogens is 3. The van der Waals surface area contributed by atoms with Crippen molar-refractivity contribution in [2.24, 2.45) is 7.05 Å². The first-order valence-corrected chi connectivity index (χ1v) is 9.11. The van der Waals surface area contributed by atoms with Gasteiger partial charge in [0.2, 0.25) is 5.91 Å². The lowest BCUT2D eigenvalue weighted by Gasteiger charge is -2.35. The van der Waals surface area contributed by atoms with E-state index in [-0.39, 0.29) is 24.2 Å². The van der Waals surface area contributed by atoms with Crippen LogP contribution in [0.4, 0.5) is 0 Å². The minimum atomic E-state index is -0.243. The number of carbonyl (C=O) groups is 1. The van der Waals surface area contributed by atoms with E-state index in [9.17, 15) is 9.59 Å². The smallest absolute Gasteiger partial charge is 0.337 e. The Kier molecular flexibility index (Phi) is 4.19. The Morgan fingerprint density at radius 3 is 2.88 bits per heavy atom. The normalized spacial score (nSPS) is 22.8. The van der Waals surface area contributed by atoms with Crippen LogP contribution in [0, 0.1) is 0 Å². The van der Waals surface area contributed by atoms with E-state index >= 15 is 0 Å². The summed E-state index contributed by atoms with van der Waals surface area (Å²) in [5.74, 6) is 0.420. The average Bonchev–Trinajstić information content (AvgIpc) is 3.24. The predicted octanol–water partition coefficient (Wildman–Crippen LogP) is 1.69. The van der Waals surface area contributed by atoms with Crippen LogP contribution in [0.5, 0.6) is 0 Å². The number of hydrogen-bond donors (Lipinski definition) is 0. The van der Waals surface area contributed by atoms with Gasteiger partial charge >= 0.3 is 5.69 Å². The van der Waals surface area contributed by atoms with Crippen LogP contribution in [-0.4, -0.2) is 37.7 Å². The third kappa shape index (κ3) is 2.90. The topological polar surface area (TPSA) is 60.1 Å². The lowest BCUT2D eigenvalue weighted by Crippen LogP contribution is -2.43. The molecule has 4 rings (SSSR count). The first-order chi connectivity index (χ1) is 12.1. The summed E-state index contributed by atoms with van der Waals surface area (Å²) in [6, 6.07) is 8.89. The Morgan fingerprint density at radius 1 is 1.24 bits per heavy atom. The summed E-state index contributed by atoms with van der Waals surface area (Å²) in [4.78, 5) is 26.8. The molecule has 1 fully saturated rings. The van der Waals surface area contributed by atoms with Gasteiger partial charge in [0.15, 0.2) is 0 Å². The fraction of sp³-hybridized carbons (Fsp3) is 0.526. The molecular weight excluding hydrogens is 316 g/mol. The Hall–Kier alpha value is -2.37. The Balaban J connectivity index is 1.56. The summed E-state index contributed by atoms with van der Waals surface area (Å²) < 4.78 is 2.65. The second kappa shape index (κ2) is 6.50. The van der Waals surface area contributed by atoms with Gasteiger partial charge in [-0.3, -0.25) is 9.36 Å². The molecule has 0 saturated carbocycles. The zero-order valence-corrected chi connectivity index (χ0v) is 14.6. The Morgan fingerprint density at radius 2 is 2.08 bits per heavy atom. The highest BCUT2D eigenvalue weighted by molar-refractivity contribution is 5.76. The number of fused-ring (bicyclic) bond motifs is 1. The number of benzene rings is 1. The molecule has 0 unspecified atom stereocenters. The highest BCUT2D eigenvalue weighted by atomic mass is 16.2. The van der Waals surface area contributed by atoms with E-state index in [2.05, 4.69) is 29.4 Å². The lowest BCUT2D eigenvalue weighted by atomic mass is 9.78. The molecule has 132 valence electrons. The van der Waals surface area contributed by atoms with Gasteiger partial charge in [-0.05, 0) is 43.2 Å². The number of carbonyl (C=O) groups excluding carboxylic acids is 1. The van der Waals surface area contributed by atoms with E-state index in [0.29, 0.717) is 5.92 Å². The molecule has 1 aliphatic heterocycles. The zero-order valence-electron chi connectivity index (χ0n) is 14.6. The van der Waals surface area contributed by atoms with Gasteiger partial charge in [0.05, 0.1) is 0 Å². The van der Waals surface area contributed by atoms with Crippen LogP contribution < -0.4 is 5.69 Å². The summed E-state index contributed by atoms with van der Waals surface area (Å²) in [7, 11) is 1.65. The third-order valence-electron chi connectivity index (χ3n) is 5.67. The van der Waals surface area contributed by atoms with Gasteiger partial charge in [-0.1, -0.05) is 24.3 Å². The van der Waals surface area contributed by atoms with E-state index in [4.69, 9.17) is 0 Å². The van der Waals surface area contributed by atoms with Crippen LogP contribution in [0.3, 0.4) is 0 Å². The second-order valence-electron chi connectivity index (χ2n) is 7.18. The van der Waals surface area contributed by atoms with E-state index in [1.54, 1.807) is 7.05 Å². The highest BCUT2D eigenvalue weighted by Crippen LogP contribution is 2.39. The van der Waals surface area contributed by atoms with Crippen LogP contribution in [0.15, 0.2) is 35.4 Å². The molecule has 0 N–H and O–H groups in total. The molecule has 0 spiro atoms. The van der Waals surface area contributed by atoms with Gasteiger partial charge in [0.1, 0.15) is 12.9 Å². The van der Waals surface area contributed by atoms with E-state index in [1.807, 2.05) is 4.90 Å². The minimum Gasteiger partial charge on any atom is -0.337 e. The molecule has 2 aliphatic rings. The van der Waals surface area contributed by atoms with Crippen molar-refractivity contribution in [3.05, 3.63) is 52.2 Å². The molecule has 0 bridgehead atoms. The van der Waals surface area contributed by atoms with Gasteiger partial charge in [-0.2, -0.15) is 5.10 Å². The third-order valence-corrected chi connectivity index (χ3v) is 5.67. The molecule has 1 saturated heterocycles. The SMILES string of the molecule is Cn1cnn(CC(=O)N2CCC[C@H]2[C@H]2CCCc3ccccc32)c1=O. The molecule has 25 heavy (non-hydrogen) atoms. The largest absolute Gasteiger partial charge is 0.345 e. The number of nitrogens with zero attached hydrogens (tertiary/aromatic N) is 4. The van der Waals surface area contributed by atoms with Gasteiger partial charge < -0.3 is 4.90 Å². The molecule has 2 aromatic rings. The number of amides is 1. The molecule has 2 heterocycles. The van der Waals surface area contributed by atoms with E-state index in [1.165, 1.54) is 33.1 Å². The maximum absolute atomic E-state index is 12.9. The maximum Gasteiger partial charge on any atom is 0.345 e. The summed E-state index contributed by atoms with van der Waals surface area (Å²) in [6.45, 7) is 0.814. The predicted molar refractivity (Wildman–Crippen MR) is 94.3 cm³/mol. The van der Waals surface area contributed by atoms with Gasteiger partial charge in [0, 0.05) is 25.6 Å². The minimum absolute atomic E-state index is 0.00588. The zero-order chi connectivity index (χ0) is 17.4. The van der Waals surface area contributed by atoms with Crippen molar-refractivity contribution in [2.75, 3.05) is 6.54 Å². The van der Waals surface area contributed by atoms with Crippen molar-refractivity contribution >= 4 is 5.91 Å². The standard InChI is InChI=1S/C19H24N4O2/c1-21-13-20-23(19(21)25)12-18(24)22-11-5-10-17(22)16-9-4-7-14-6-2-3-8-15(14)16/h2-3,6,8,13,16-17H,4-5,7,9-12H2,1H3/t16-,17-/m0/s1. The number of hydrogen-bond acceptors (Lipinski definition) is 3. The summed E-state index contributed by atoms with van der Waals surface area (Å²) in [6.07, 6.45) is 6.98. The van der Waals surface area contributed by atoms with E-state index < -0.39 is 0 Å². The maximum atomic E-state index is 12.9. The lowest BCUT2D eigenvalue weighted by molar-refractivity contribution is -0.133. The van der Waals surface area contributed by atoms with E-state index in [0.717, 1.165) is 32.2 Å². The van der Waals surface area contributed by atoms with Crippen LogP contribution in [0.1, 0.15) is 42.7 Å². The number of aryl methyl sites for hydroxylation is 2. The molecule has 1 aliphatic carbocycles. The van der Waals surface area contributed by atoms with Gasteiger partial charge in [-0.15, -0.1) is 0 Å². The first kappa shape index (κ1) is 16.1. The molecule has 0 radical (unpaired) electrons. The van der Waals surface area contributed by atoms with Crippen molar-refractivity contribution in [1.82, 2.24) is 19.2 Å². The Labute approximate surface area is 147 Å². The Bertz CT molecular complexity index is 838. The monoisotopic (exact) mass is 340 g/mol. The first-order valence-electron chi connectivity index (χ1n) is 9.11. The molecule has 1 aromatic heterocycles. The summed E-state index contributed by atoms with van der Waals surface area (Å²) >= 11 is 0. The number of rotatable bonds is 3. The van der Waals surface area contributed by atoms with Crippen LogP contribution in [0.25, 0.3) is 0 Å². The summed E-state index contributed by atoms with van der Waals surface area (Å²) in [5, 5.41) is 4.02. The van der Waals surface area contributed by atoms with Crippen molar-refractivity contribution in [2.45, 2.75) is 50.6 Å². The van der Waals surface area contributed by atoms with Gasteiger partial charge in [0.25, 0.3) is 0 Å². The van der Waals surface area contributed by atoms with Gasteiger partial charge in [-0.25, -0.2) is 9.48 Å². The quantitative estimate of drug-likeness (QED) is 0.854. The fourth-order valence-corrected chi connectivity index (χ4v) is 4.46. The van der Waals surface area contributed by atoms with Crippen molar-refractivity contribution in [1.29, 1.82) is 0 Å². The fourth-order valence-electron chi connectivity index (χ4n) is 4.46. The average molecular weight is 340 g/mol. The van der Waals surface area contributed by atoms with Crippen LogP contribution >= 0.6 is 0 Å². The summed E-state index contributed by atoms with van der Waals surface area (Å²) in [5.41, 5.74) is 2.60. The van der Waals surface area contributed by atoms with Crippen molar-refractivity contribution in [3.8, 4) is 0 Å². The molecule has 1 aromatic carbocycles. The second-order valence-corrected chi connectivity index (χ2v) is 7.18. The molecule has 1 amide bonds. The molecule has 6 heteroatoms. The molecule has 6 nitrogen and oxygen atoms in total. The highest BCUT2D eigenvalue weighted by Gasteiger charge is 2.37. The number of likely N-dealkylation sites (tertiary alicyclic amines) is 1. The van der Waals surface area contributed by atoms with Crippen molar-refractivity contribution in [3.63, 3.8) is 0 Å². The molecular formula is C19H24N4O2.